The summed E-state index contributed by atoms with van der Waals surface area (Å²) in [7, 11) is 3.21. The molecule has 1 aliphatic heterocycles. The Bertz CT molecular complexity index is 787. The van der Waals surface area contributed by atoms with Gasteiger partial charge in [-0.05, 0) is 56.7 Å². The van der Waals surface area contributed by atoms with E-state index in [9.17, 15) is 9.90 Å². The standard InChI is InChI=1S/C22H29ClO7/c1-5-13-11-14(23)12-16(27-4)17(13)18-19(29-21(25)28-6-2)22(30-20(18)24)9-7-15(26-3)8-10-22/h11-12,15,20,24H,5-10H2,1-4H3. The quantitative estimate of drug-likeness (QED) is 0.653. The minimum atomic E-state index is -1.28. The average Bonchev–Trinajstić information content (AvgIpc) is 2.98. The van der Waals surface area contributed by atoms with Crippen molar-refractivity contribution in [2.75, 3.05) is 20.8 Å². The molecule has 3 rings (SSSR count). The molecule has 30 heavy (non-hydrogen) atoms. The fraction of sp³-hybridized carbons (Fsp3) is 0.591. The largest absolute Gasteiger partial charge is 0.513 e. The number of aryl methyl sites for hydroxylation is 1. The van der Waals surface area contributed by atoms with Gasteiger partial charge in [0.15, 0.2) is 12.0 Å². The van der Waals surface area contributed by atoms with Crippen LogP contribution in [0.1, 0.15) is 50.7 Å². The summed E-state index contributed by atoms with van der Waals surface area (Å²) in [5, 5.41) is 11.5. The zero-order valence-corrected chi connectivity index (χ0v) is 18.6. The minimum absolute atomic E-state index is 0.0977. The molecule has 1 atom stereocenters. The van der Waals surface area contributed by atoms with Gasteiger partial charge in [0, 0.05) is 17.7 Å². The van der Waals surface area contributed by atoms with Crippen molar-refractivity contribution in [2.45, 2.75) is 63.9 Å². The smallest absolute Gasteiger partial charge is 0.496 e. The predicted molar refractivity (Wildman–Crippen MR) is 111 cm³/mol. The zero-order chi connectivity index (χ0) is 21.9. The van der Waals surface area contributed by atoms with Crippen LogP contribution in [0.25, 0.3) is 5.57 Å². The molecule has 0 bridgehead atoms. The van der Waals surface area contributed by atoms with E-state index in [4.69, 9.17) is 35.3 Å². The van der Waals surface area contributed by atoms with Crippen molar-refractivity contribution < 1.29 is 33.6 Å². The SMILES string of the molecule is CCOC(=O)OC1=C(c2c(CC)cc(Cl)cc2OC)C(O)OC12CCC(OC)CC2. The fourth-order valence-corrected chi connectivity index (χ4v) is 4.55. The highest BCUT2D eigenvalue weighted by Gasteiger charge is 2.52. The van der Waals surface area contributed by atoms with E-state index in [1.165, 1.54) is 7.11 Å². The maximum Gasteiger partial charge on any atom is 0.513 e. The third-order valence-electron chi connectivity index (χ3n) is 5.78. The van der Waals surface area contributed by atoms with Gasteiger partial charge in [-0.15, -0.1) is 0 Å². The minimum Gasteiger partial charge on any atom is -0.496 e. The lowest BCUT2D eigenvalue weighted by Crippen LogP contribution is -2.40. The third kappa shape index (κ3) is 4.30. The van der Waals surface area contributed by atoms with E-state index >= 15 is 0 Å². The van der Waals surface area contributed by atoms with Crippen LogP contribution in [0.4, 0.5) is 4.79 Å². The van der Waals surface area contributed by atoms with E-state index in [0.717, 1.165) is 5.56 Å². The Morgan fingerprint density at radius 3 is 2.53 bits per heavy atom. The molecule has 0 amide bonds. The van der Waals surface area contributed by atoms with E-state index in [0.29, 0.717) is 54.0 Å². The summed E-state index contributed by atoms with van der Waals surface area (Å²) >= 11 is 6.25. The third-order valence-corrected chi connectivity index (χ3v) is 6.00. The maximum absolute atomic E-state index is 12.3. The molecular weight excluding hydrogens is 412 g/mol. The van der Waals surface area contributed by atoms with Crippen LogP contribution in [-0.2, 0) is 25.4 Å². The van der Waals surface area contributed by atoms with Crippen molar-refractivity contribution in [2.24, 2.45) is 0 Å². The number of carbonyl (C=O) groups is 1. The van der Waals surface area contributed by atoms with Crippen LogP contribution in [0.5, 0.6) is 5.75 Å². The van der Waals surface area contributed by atoms with Crippen LogP contribution < -0.4 is 4.74 Å². The Labute approximate surface area is 181 Å². The first-order valence-corrected chi connectivity index (χ1v) is 10.6. The molecular formula is C22H29ClO7. The Morgan fingerprint density at radius 2 is 1.97 bits per heavy atom. The second-order valence-electron chi connectivity index (χ2n) is 7.42. The van der Waals surface area contributed by atoms with Gasteiger partial charge in [0.05, 0.1) is 25.4 Å². The first-order chi connectivity index (χ1) is 14.4. The molecule has 0 saturated heterocycles. The van der Waals surface area contributed by atoms with Crippen LogP contribution in [-0.4, -0.2) is 50.1 Å². The molecule has 0 radical (unpaired) electrons. The summed E-state index contributed by atoms with van der Waals surface area (Å²) in [6, 6.07) is 3.48. The van der Waals surface area contributed by atoms with Crippen molar-refractivity contribution in [3.63, 3.8) is 0 Å². The van der Waals surface area contributed by atoms with Crippen LogP contribution in [0.15, 0.2) is 17.9 Å². The molecule has 8 heteroatoms. The topological polar surface area (TPSA) is 83.5 Å². The van der Waals surface area contributed by atoms with E-state index in [1.54, 1.807) is 20.1 Å². The molecule has 166 valence electrons. The lowest BCUT2D eigenvalue weighted by Gasteiger charge is -2.37. The number of hydrogen-bond acceptors (Lipinski definition) is 7. The van der Waals surface area contributed by atoms with Crippen molar-refractivity contribution in [3.05, 3.63) is 34.0 Å². The highest BCUT2D eigenvalue weighted by molar-refractivity contribution is 6.30. The number of ether oxygens (including phenoxy) is 5. The lowest BCUT2D eigenvalue weighted by molar-refractivity contribution is -0.154. The molecule has 1 N–H and O–H groups in total. The van der Waals surface area contributed by atoms with Crippen molar-refractivity contribution in [1.29, 1.82) is 0 Å². The Kier molecular flexibility index (Phi) is 7.29. The normalized spacial score (nSPS) is 26.2. The molecule has 1 spiro atoms. The molecule has 2 aliphatic rings. The van der Waals surface area contributed by atoms with Crippen molar-refractivity contribution in [3.8, 4) is 5.75 Å². The predicted octanol–water partition coefficient (Wildman–Crippen LogP) is 4.47. The van der Waals surface area contributed by atoms with Crippen LogP contribution in [0.3, 0.4) is 0 Å². The van der Waals surface area contributed by atoms with Gasteiger partial charge in [-0.2, -0.15) is 0 Å². The average molecular weight is 441 g/mol. The van der Waals surface area contributed by atoms with Gasteiger partial charge in [-0.1, -0.05) is 18.5 Å². The number of aliphatic hydroxyl groups is 1. The Balaban J connectivity index is 2.17. The number of hydrogen-bond donors (Lipinski definition) is 1. The molecule has 1 aromatic rings. The summed E-state index contributed by atoms with van der Waals surface area (Å²) in [4.78, 5) is 12.3. The highest BCUT2D eigenvalue weighted by Crippen LogP contribution is 2.51. The summed E-state index contributed by atoms with van der Waals surface area (Å²) in [6.07, 6.45) is 1.12. The molecule has 1 saturated carbocycles. The monoisotopic (exact) mass is 440 g/mol. The number of aliphatic hydroxyl groups excluding tert-OH is 1. The van der Waals surface area contributed by atoms with Gasteiger partial charge in [0.1, 0.15) is 11.4 Å². The van der Waals surface area contributed by atoms with Gasteiger partial charge in [-0.25, -0.2) is 4.79 Å². The number of carbonyl (C=O) groups excluding carboxylic acids is 1. The number of rotatable bonds is 6. The molecule has 0 aromatic heterocycles. The van der Waals surface area contributed by atoms with E-state index in [2.05, 4.69) is 0 Å². The number of benzene rings is 1. The van der Waals surface area contributed by atoms with Gasteiger partial charge < -0.3 is 28.8 Å². The van der Waals surface area contributed by atoms with E-state index < -0.39 is 18.0 Å². The summed E-state index contributed by atoms with van der Waals surface area (Å²) in [5.41, 5.74) is 0.919. The van der Waals surface area contributed by atoms with Crippen molar-refractivity contribution in [1.82, 2.24) is 0 Å². The first-order valence-electron chi connectivity index (χ1n) is 10.2. The molecule has 1 unspecified atom stereocenters. The summed E-state index contributed by atoms with van der Waals surface area (Å²) < 4.78 is 27.8. The molecule has 1 fully saturated rings. The summed E-state index contributed by atoms with van der Waals surface area (Å²) in [5.74, 6) is 0.753. The van der Waals surface area contributed by atoms with Gasteiger partial charge in [0.25, 0.3) is 0 Å². The first kappa shape index (κ1) is 22.9. The van der Waals surface area contributed by atoms with Gasteiger partial charge in [-0.3, -0.25) is 0 Å². The zero-order valence-electron chi connectivity index (χ0n) is 17.8. The van der Waals surface area contributed by atoms with Crippen LogP contribution in [0.2, 0.25) is 5.02 Å². The second-order valence-corrected chi connectivity index (χ2v) is 7.86. The van der Waals surface area contributed by atoms with Crippen molar-refractivity contribution >= 4 is 23.3 Å². The lowest BCUT2D eigenvalue weighted by atomic mass is 9.80. The van der Waals surface area contributed by atoms with Gasteiger partial charge >= 0.3 is 6.16 Å². The molecule has 1 aliphatic carbocycles. The van der Waals surface area contributed by atoms with Gasteiger partial charge in [0.2, 0.25) is 0 Å². The van der Waals surface area contributed by atoms with E-state index in [-0.39, 0.29) is 18.5 Å². The van der Waals surface area contributed by atoms with Crippen LogP contribution in [0, 0.1) is 0 Å². The van der Waals surface area contributed by atoms with E-state index in [1.807, 2.05) is 13.0 Å². The van der Waals surface area contributed by atoms with Crippen LogP contribution >= 0.6 is 11.6 Å². The fourth-order valence-electron chi connectivity index (χ4n) is 4.32. The molecule has 1 aromatic carbocycles. The number of methoxy groups -OCH3 is 2. The summed E-state index contributed by atoms with van der Waals surface area (Å²) in [6.45, 7) is 3.85. The second kappa shape index (κ2) is 9.56. The molecule has 7 nitrogen and oxygen atoms in total. The molecule has 1 heterocycles. The maximum atomic E-state index is 12.3. The number of halogens is 1. The Morgan fingerprint density at radius 1 is 1.27 bits per heavy atom. The Hall–Kier alpha value is -1.80. The highest BCUT2D eigenvalue weighted by atomic mass is 35.5.